The summed E-state index contributed by atoms with van der Waals surface area (Å²) in [5.74, 6) is -0.513. The number of carbonyl (C=O) groups excluding carboxylic acids is 2. The van der Waals surface area contributed by atoms with Crippen LogP contribution in [0.5, 0.6) is 0 Å². The van der Waals surface area contributed by atoms with E-state index in [-0.39, 0.29) is 36.2 Å². The second-order valence-electron chi connectivity index (χ2n) is 7.21. The first-order valence-electron chi connectivity index (χ1n) is 10.6. The van der Waals surface area contributed by atoms with Crippen LogP contribution in [0.1, 0.15) is 73.3 Å². The first-order valence-corrected chi connectivity index (χ1v) is 10.6. The quantitative estimate of drug-likeness (QED) is 0.186. The van der Waals surface area contributed by atoms with Crippen molar-refractivity contribution in [2.75, 3.05) is 26.3 Å². The molecule has 0 saturated heterocycles. The molecule has 0 aliphatic carbocycles. The molecule has 0 aromatic carbocycles. The van der Waals surface area contributed by atoms with Gasteiger partial charge in [0.05, 0.1) is 0 Å². The fourth-order valence-electron chi connectivity index (χ4n) is 2.75. The number of rotatable bonds is 16. The monoisotopic (exact) mass is 417 g/mol. The Kier molecular flexibility index (Phi) is 13.1. The molecule has 0 aliphatic rings. The Labute approximate surface area is 179 Å². The van der Waals surface area contributed by atoms with Crippen LogP contribution in [-0.2, 0) is 0 Å². The topological polar surface area (TPSA) is 112 Å². The molecule has 1 aromatic heterocycles. The summed E-state index contributed by atoms with van der Waals surface area (Å²) < 4.78 is 0. The minimum atomic E-state index is -0.257. The number of hydrogen-bond acceptors (Lipinski definition) is 7. The van der Waals surface area contributed by atoms with Crippen molar-refractivity contribution in [1.29, 1.82) is 0 Å². The molecule has 4 N–H and O–H groups in total. The highest BCUT2D eigenvalue weighted by Gasteiger charge is 2.10. The Morgan fingerprint density at radius 2 is 1.23 bits per heavy atom. The maximum absolute atomic E-state index is 12.4. The van der Waals surface area contributed by atoms with Crippen LogP contribution in [0.3, 0.4) is 0 Å². The lowest BCUT2D eigenvalue weighted by molar-refractivity contribution is 0.103. The van der Waals surface area contributed by atoms with Crippen LogP contribution >= 0.6 is 0 Å². The second-order valence-corrected chi connectivity index (χ2v) is 7.21. The summed E-state index contributed by atoms with van der Waals surface area (Å²) in [6.07, 6.45) is 8.23. The molecule has 0 saturated carbocycles. The number of allylic oxidation sites excluding steroid dienone is 4. The van der Waals surface area contributed by atoms with Crippen molar-refractivity contribution < 1.29 is 19.8 Å². The van der Waals surface area contributed by atoms with Crippen molar-refractivity contribution in [3.63, 3.8) is 0 Å². The third-order valence-corrected chi connectivity index (χ3v) is 4.43. The largest absolute Gasteiger partial charge is 0.396 e. The standard InChI is InChI=1S/C23H35N3O4/c1-18(24-12-5-3-7-14-27)16-22(29)20-10-9-11-21(26-20)23(30)17-19(2)25-13-6-4-8-15-28/h9-11,16-17,24-25,27-28H,3-8,12-15H2,1-2H3. The number of aromatic nitrogens is 1. The molecule has 7 heteroatoms. The Bertz CT molecular complexity index is 672. The molecule has 1 rings (SSSR count). The van der Waals surface area contributed by atoms with E-state index < -0.39 is 0 Å². The van der Waals surface area contributed by atoms with Crippen molar-refractivity contribution in [3.8, 4) is 0 Å². The average Bonchev–Trinajstić information content (AvgIpc) is 2.73. The summed E-state index contributed by atoms with van der Waals surface area (Å²) in [5, 5.41) is 23.9. The van der Waals surface area contributed by atoms with Gasteiger partial charge in [-0.25, -0.2) is 4.98 Å². The van der Waals surface area contributed by atoms with Gasteiger partial charge in [-0.2, -0.15) is 0 Å². The van der Waals surface area contributed by atoms with E-state index in [2.05, 4.69) is 15.6 Å². The number of aliphatic hydroxyl groups excluding tert-OH is 2. The number of nitrogens with one attached hydrogen (secondary N) is 2. The summed E-state index contributed by atoms with van der Waals surface area (Å²) in [6.45, 7) is 5.50. The zero-order valence-electron chi connectivity index (χ0n) is 18.1. The second kappa shape index (κ2) is 15.3. The zero-order valence-corrected chi connectivity index (χ0v) is 18.1. The van der Waals surface area contributed by atoms with Gasteiger partial charge in [-0.1, -0.05) is 6.07 Å². The lowest BCUT2D eigenvalue weighted by Gasteiger charge is -2.07. The van der Waals surface area contributed by atoms with Gasteiger partial charge in [-0.05, 0) is 64.5 Å². The van der Waals surface area contributed by atoms with Crippen LogP contribution in [0.4, 0.5) is 0 Å². The van der Waals surface area contributed by atoms with Crippen LogP contribution in [0.25, 0.3) is 0 Å². The third kappa shape index (κ3) is 10.9. The van der Waals surface area contributed by atoms with E-state index in [1.54, 1.807) is 18.2 Å². The van der Waals surface area contributed by atoms with Crippen molar-refractivity contribution in [2.24, 2.45) is 0 Å². The first kappa shape index (κ1) is 25.5. The number of ketones is 2. The summed E-state index contributed by atoms with van der Waals surface area (Å²) in [4.78, 5) is 29.1. The molecule has 166 valence electrons. The molecule has 0 radical (unpaired) electrons. The molecule has 0 aliphatic heterocycles. The van der Waals surface area contributed by atoms with Gasteiger partial charge in [-0.15, -0.1) is 0 Å². The fraction of sp³-hybridized carbons (Fsp3) is 0.522. The molecule has 0 spiro atoms. The molecule has 1 heterocycles. The molecule has 7 nitrogen and oxygen atoms in total. The maximum Gasteiger partial charge on any atom is 0.205 e. The lowest BCUT2D eigenvalue weighted by atomic mass is 10.1. The highest BCUT2D eigenvalue weighted by molar-refractivity contribution is 6.06. The van der Waals surface area contributed by atoms with Crippen LogP contribution in [0, 0.1) is 0 Å². The van der Waals surface area contributed by atoms with Crippen molar-refractivity contribution in [1.82, 2.24) is 15.6 Å². The smallest absolute Gasteiger partial charge is 0.205 e. The normalized spacial score (nSPS) is 12.0. The predicted molar refractivity (Wildman–Crippen MR) is 118 cm³/mol. The summed E-state index contributed by atoms with van der Waals surface area (Å²) in [7, 11) is 0. The van der Waals surface area contributed by atoms with E-state index in [4.69, 9.17) is 10.2 Å². The van der Waals surface area contributed by atoms with Gasteiger partial charge in [0.15, 0.2) is 0 Å². The SMILES string of the molecule is CC(=CC(=O)c1cccc(C(=O)C=C(C)NCCCCCO)n1)NCCCCCO. The zero-order chi connectivity index (χ0) is 22.2. The summed E-state index contributed by atoms with van der Waals surface area (Å²) in [6, 6.07) is 4.85. The molecule has 0 atom stereocenters. The molecular formula is C23H35N3O4. The Morgan fingerprint density at radius 1 is 0.800 bits per heavy atom. The molecule has 0 bridgehead atoms. The first-order chi connectivity index (χ1) is 14.5. The van der Waals surface area contributed by atoms with Gasteiger partial charge in [0, 0.05) is 49.8 Å². The van der Waals surface area contributed by atoms with Crippen molar-refractivity contribution in [3.05, 3.63) is 53.1 Å². The molecule has 0 fully saturated rings. The number of nitrogens with zero attached hydrogens (tertiary/aromatic N) is 1. The highest BCUT2D eigenvalue weighted by Crippen LogP contribution is 2.06. The van der Waals surface area contributed by atoms with E-state index in [1.807, 2.05) is 13.8 Å². The lowest BCUT2D eigenvalue weighted by Crippen LogP contribution is -2.15. The number of aliphatic hydroxyl groups is 2. The van der Waals surface area contributed by atoms with E-state index >= 15 is 0 Å². The summed E-state index contributed by atoms with van der Waals surface area (Å²) >= 11 is 0. The molecule has 1 aromatic rings. The molecule has 0 amide bonds. The Hall–Kier alpha value is -2.51. The minimum Gasteiger partial charge on any atom is -0.396 e. The van der Waals surface area contributed by atoms with E-state index in [1.165, 1.54) is 12.2 Å². The average molecular weight is 418 g/mol. The van der Waals surface area contributed by atoms with Gasteiger partial charge < -0.3 is 20.8 Å². The number of unbranched alkanes of at least 4 members (excludes halogenated alkanes) is 4. The van der Waals surface area contributed by atoms with Crippen molar-refractivity contribution >= 4 is 11.6 Å². The van der Waals surface area contributed by atoms with Crippen LogP contribution < -0.4 is 10.6 Å². The Balaban J connectivity index is 2.61. The van der Waals surface area contributed by atoms with Gasteiger partial charge >= 0.3 is 0 Å². The van der Waals surface area contributed by atoms with Gasteiger partial charge in [0.1, 0.15) is 11.4 Å². The fourth-order valence-corrected chi connectivity index (χ4v) is 2.75. The molecular weight excluding hydrogens is 382 g/mol. The van der Waals surface area contributed by atoms with E-state index in [9.17, 15) is 9.59 Å². The van der Waals surface area contributed by atoms with Crippen LogP contribution in [-0.4, -0.2) is 53.1 Å². The minimum absolute atomic E-state index is 0.198. The number of pyridine rings is 1. The van der Waals surface area contributed by atoms with Crippen LogP contribution in [0.2, 0.25) is 0 Å². The Morgan fingerprint density at radius 3 is 1.63 bits per heavy atom. The molecule has 0 unspecified atom stereocenters. The number of carbonyl (C=O) groups is 2. The van der Waals surface area contributed by atoms with E-state index in [0.717, 1.165) is 63.0 Å². The maximum atomic E-state index is 12.4. The summed E-state index contributed by atoms with van der Waals surface area (Å²) in [5.41, 5.74) is 1.93. The predicted octanol–water partition coefficient (Wildman–Crippen LogP) is 2.76. The highest BCUT2D eigenvalue weighted by atomic mass is 16.3. The van der Waals surface area contributed by atoms with Crippen LogP contribution in [0.15, 0.2) is 41.7 Å². The van der Waals surface area contributed by atoms with Crippen molar-refractivity contribution in [2.45, 2.75) is 52.4 Å². The van der Waals surface area contributed by atoms with E-state index in [0.29, 0.717) is 0 Å². The van der Waals surface area contributed by atoms with Gasteiger partial charge in [0.2, 0.25) is 11.6 Å². The van der Waals surface area contributed by atoms with Gasteiger partial charge in [0.25, 0.3) is 0 Å². The van der Waals surface area contributed by atoms with Gasteiger partial charge in [-0.3, -0.25) is 9.59 Å². The molecule has 30 heavy (non-hydrogen) atoms. The number of hydrogen-bond donors (Lipinski definition) is 4. The third-order valence-electron chi connectivity index (χ3n) is 4.43.